The smallest absolute Gasteiger partial charge is 0.140 e. The lowest BCUT2D eigenvalue weighted by Gasteiger charge is -2.38. The van der Waals surface area contributed by atoms with Crippen LogP contribution in [-0.4, -0.2) is 36.6 Å². The van der Waals surface area contributed by atoms with Crippen molar-refractivity contribution in [2.75, 3.05) is 37.7 Å². The van der Waals surface area contributed by atoms with Crippen molar-refractivity contribution in [3.8, 4) is 0 Å². The van der Waals surface area contributed by atoms with Gasteiger partial charge in [-0.1, -0.05) is 6.92 Å². The number of hydrogen-bond acceptors (Lipinski definition) is 4. The summed E-state index contributed by atoms with van der Waals surface area (Å²) in [5, 5.41) is 3.47. The Morgan fingerprint density at radius 1 is 1.47 bits per heavy atom. The van der Waals surface area contributed by atoms with Crippen LogP contribution in [0, 0.1) is 12.3 Å². The van der Waals surface area contributed by atoms with E-state index < -0.39 is 0 Å². The molecule has 0 atom stereocenters. The molecule has 0 radical (unpaired) electrons. The van der Waals surface area contributed by atoms with E-state index in [1.54, 1.807) is 6.20 Å². The maximum Gasteiger partial charge on any atom is 0.140 e. The molecule has 19 heavy (non-hydrogen) atoms. The van der Waals surface area contributed by atoms with Gasteiger partial charge >= 0.3 is 0 Å². The summed E-state index contributed by atoms with van der Waals surface area (Å²) in [6.45, 7) is 7.66. The van der Waals surface area contributed by atoms with Gasteiger partial charge in [-0.2, -0.15) is 0 Å². The molecule has 106 valence electrons. The highest BCUT2D eigenvalue weighted by atomic mass is 79.9. The van der Waals surface area contributed by atoms with Gasteiger partial charge in [0.05, 0.1) is 16.4 Å². The highest BCUT2D eigenvalue weighted by Gasteiger charge is 2.28. The van der Waals surface area contributed by atoms with Crippen molar-refractivity contribution in [2.45, 2.75) is 26.7 Å². The molecule has 5 heteroatoms. The van der Waals surface area contributed by atoms with Crippen LogP contribution in [0.5, 0.6) is 0 Å². The Balaban J connectivity index is 2.01. The molecule has 1 aliphatic heterocycles. The van der Waals surface area contributed by atoms with E-state index in [-0.39, 0.29) is 0 Å². The minimum atomic E-state index is 0.350. The number of nitrogen functional groups attached to an aromatic ring is 1. The number of anilines is 2. The number of nitrogens with one attached hydrogen (secondary N) is 1. The molecule has 1 aromatic heterocycles. The predicted molar refractivity (Wildman–Crippen MR) is 84.4 cm³/mol. The van der Waals surface area contributed by atoms with E-state index in [9.17, 15) is 0 Å². The van der Waals surface area contributed by atoms with Crippen molar-refractivity contribution in [2.24, 2.45) is 5.41 Å². The molecule has 0 unspecified atom stereocenters. The van der Waals surface area contributed by atoms with E-state index in [0.29, 0.717) is 5.41 Å². The summed E-state index contributed by atoms with van der Waals surface area (Å²) in [5.74, 6) is 0.895. The third-order valence-corrected chi connectivity index (χ3v) is 5.15. The van der Waals surface area contributed by atoms with Crippen molar-refractivity contribution in [3.05, 3.63) is 16.2 Å². The fourth-order valence-electron chi connectivity index (χ4n) is 2.35. The van der Waals surface area contributed by atoms with E-state index in [4.69, 9.17) is 5.73 Å². The van der Waals surface area contributed by atoms with E-state index in [0.717, 1.165) is 28.1 Å². The summed E-state index contributed by atoms with van der Waals surface area (Å²) in [5.41, 5.74) is 7.97. The summed E-state index contributed by atoms with van der Waals surface area (Å²) in [6.07, 6.45) is 4.17. The summed E-state index contributed by atoms with van der Waals surface area (Å²) in [4.78, 5) is 6.77. The molecular weight excluding hydrogens is 304 g/mol. The monoisotopic (exact) mass is 326 g/mol. The molecule has 1 fully saturated rings. The van der Waals surface area contributed by atoms with E-state index in [2.05, 4.69) is 45.1 Å². The Hall–Kier alpha value is -0.810. The van der Waals surface area contributed by atoms with E-state index >= 15 is 0 Å². The fraction of sp³-hybridized carbons (Fsp3) is 0.643. The predicted octanol–water partition coefficient (Wildman–Crippen LogP) is 2.88. The summed E-state index contributed by atoms with van der Waals surface area (Å²) in [7, 11) is 2.19. The second-order valence-electron chi connectivity index (χ2n) is 5.97. The van der Waals surface area contributed by atoms with Gasteiger partial charge in [0.25, 0.3) is 0 Å². The normalized spacial score (nSPS) is 19.4. The first-order chi connectivity index (χ1) is 8.91. The Bertz CT molecular complexity index is 453. The van der Waals surface area contributed by atoms with Crippen LogP contribution in [0.1, 0.15) is 25.3 Å². The average molecular weight is 327 g/mol. The maximum absolute atomic E-state index is 5.84. The second kappa shape index (κ2) is 5.67. The van der Waals surface area contributed by atoms with Gasteiger partial charge in [0.2, 0.25) is 0 Å². The van der Waals surface area contributed by atoms with Gasteiger partial charge in [-0.3, -0.25) is 0 Å². The van der Waals surface area contributed by atoms with Crippen molar-refractivity contribution in [3.63, 3.8) is 0 Å². The number of rotatable bonds is 3. The largest absolute Gasteiger partial charge is 0.397 e. The molecule has 4 nitrogen and oxygen atoms in total. The van der Waals surface area contributed by atoms with Crippen LogP contribution in [0.25, 0.3) is 0 Å². The lowest BCUT2D eigenvalue weighted by atomic mass is 9.80. The minimum Gasteiger partial charge on any atom is -0.397 e. The first kappa shape index (κ1) is 14.6. The number of pyridine rings is 1. The Kier molecular flexibility index (Phi) is 4.36. The van der Waals surface area contributed by atoms with Crippen LogP contribution in [0.15, 0.2) is 10.7 Å². The van der Waals surface area contributed by atoms with Gasteiger partial charge in [-0.05, 0) is 66.8 Å². The number of nitrogens with two attached hydrogens (primary N) is 1. The molecule has 1 aliphatic rings. The Labute approximate surface area is 123 Å². The topological polar surface area (TPSA) is 54.2 Å². The van der Waals surface area contributed by atoms with Crippen LogP contribution < -0.4 is 11.1 Å². The Morgan fingerprint density at radius 3 is 2.74 bits per heavy atom. The molecule has 2 rings (SSSR count). The molecule has 1 saturated heterocycles. The standard InChI is InChI=1S/C14H23BrN4/c1-10-11(16)8-17-13(12(10)15)18-9-14(2)4-6-19(3)7-5-14/h8H,4-7,9,16H2,1-3H3,(H,17,18). The van der Waals surface area contributed by atoms with Crippen molar-refractivity contribution < 1.29 is 0 Å². The van der Waals surface area contributed by atoms with Gasteiger partial charge in [0, 0.05) is 6.54 Å². The SMILES string of the molecule is Cc1c(N)cnc(NCC2(C)CCN(C)CC2)c1Br. The number of nitrogens with zero attached hydrogens (tertiary/aromatic N) is 2. The third-order valence-electron chi connectivity index (χ3n) is 4.18. The van der Waals surface area contributed by atoms with Crippen molar-refractivity contribution in [1.82, 2.24) is 9.88 Å². The number of hydrogen-bond donors (Lipinski definition) is 2. The molecule has 0 aliphatic carbocycles. The quantitative estimate of drug-likeness (QED) is 0.896. The zero-order valence-corrected chi connectivity index (χ0v) is 13.5. The lowest BCUT2D eigenvalue weighted by molar-refractivity contribution is 0.150. The molecule has 0 bridgehead atoms. The molecule has 0 aromatic carbocycles. The molecule has 0 amide bonds. The van der Waals surface area contributed by atoms with Gasteiger partial charge < -0.3 is 16.0 Å². The summed E-state index contributed by atoms with van der Waals surface area (Å²) >= 11 is 3.57. The Morgan fingerprint density at radius 2 is 2.11 bits per heavy atom. The second-order valence-corrected chi connectivity index (χ2v) is 6.76. The molecule has 0 spiro atoms. The van der Waals surface area contributed by atoms with Crippen LogP contribution in [0.2, 0.25) is 0 Å². The van der Waals surface area contributed by atoms with Crippen LogP contribution >= 0.6 is 15.9 Å². The highest BCUT2D eigenvalue weighted by molar-refractivity contribution is 9.10. The minimum absolute atomic E-state index is 0.350. The van der Waals surface area contributed by atoms with Crippen molar-refractivity contribution in [1.29, 1.82) is 0 Å². The maximum atomic E-state index is 5.84. The zero-order chi connectivity index (χ0) is 14.0. The number of aromatic nitrogens is 1. The fourth-order valence-corrected chi connectivity index (χ4v) is 2.82. The van der Waals surface area contributed by atoms with Gasteiger partial charge in [0.1, 0.15) is 5.82 Å². The van der Waals surface area contributed by atoms with Crippen LogP contribution in [0.3, 0.4) is 0 Å². The number of piperidine rings is 1. The molecule has 2 heterocycles. The van der Waals surface area contributed by atoms with Gasteiger partial charge in [-0.25, -0.2) is 4.98 Å². The number of halogens is 1. The lowest BCUT2D eigenvalue weighted by Crippen LogP contribution is -2.40. The molecular formula is C14H23BrN4. The first-order valence-corrected chi connectivity index (χ1v) is 7.54. The zero-order valence-electron chi connectivity index (χ0n) is 12.0. The third kappa shape index (κ3) is 3.39. The van der Waals surface area contributed by atoms with Gasteiger partial charge in [0.15, 0.2) is 0 Å². The molecule has 0 saturated carbocycles. The van der Waals surface area contributed by atoms with Gasteiger partial charge in [-0.15, -0.1) is 0 Å². The number of likely N-dealkylation sites (tertiary alicyclic amines) is 1. The highest BCUT2D eigenvalue weighted by Crippen LogP contribution is 2.32. The van der Waals surface area contributed by atoms with Crippen LogP contribution in [-0.2, 0) is 0 Å². The van der Waals surface area contributed by atoms with E-state index in [1.165, 1.54) is 25.9 Å². The van der Waals surface area contributed by atoms with E-state index in [1.807, 2.05) is 6.92 Å². The van der Waals surface area contributed by atoms with Crippen molar-refractivity contribution >= 4 is 27.4 Å². The average Bonchev–Trinajstić information content (AvgIpc) is 2.39. The summed E-state index contributed by atoms with van der Waals surface area (Å²) in [6, 6.07) is 0. The molecule has 1 aromatic rings. The van der Waals surface area contributed by atoms with Crippen LogP contribution in [0.4, 0.5) is 11.5 Å². The molecule has 3 N–H and O–H groups in total. The first-order valence-electron chi connectivity index (χ1n) is 6.74. The summed E-state index contributed by atoms with van der Waals surface area (Å²) < 4.78 is 0.976.